The lowest BCUT2D eigenvalue weighted by atomic mass is 10.1. The standard InChI is InChI=1S/C21H15FN2O/c22-17-10-6-15(7-11-17)20-19(14-4-2-1-3-5-14)23-21(24-20)16-8-12-18(25)13-9-16/h1-13,25H,(H,23,24). The fourth-order valence-electron chi connectivity index (χ4n) is 2.76. The molecule has 25 heavy (non-hydrogen) atoms. The highest BCUT2D eigenvalue weighted by molar-refractivity contribution is 5.81. The van der Waals surface area contributed by atoms with Crippen molar-refractivity contribution in [2.24, 2.45) is 0 Å². The molecular formula is C21H15FN2O. The van der Waals surface area contributed by atoms with E-state index in [0.717, 1.165) is 28.1 Å². The molecule has 0 aliphatic carbocycles. The summed E-state index contributed by atoms with van der Waals surface area (Å²) >= 11 is 0. The smallest absolute Gasteiger partial charge is 0.138 e. The topological polar surface area (TPSA) is 48.9 Å². The number of benzene rings is 3. The molecule has 0 spiro atoms. The number of halogens is 1. The second-order valence-electron chi connectivity index (χ2n) is 5.73. The number of hydrogen-bond donors (Lipinski definition) is 2. The Hall–Kier alpha value is -3.40. The van der Waals surface area contributed by atoms with Gasteiger partial charge in [-0.2, -0.15) is 0 Å². The number of aromatic amines is 1. The van der Waals surface area contributed by atoms with E-state index in [2.05, 4.69) is 4.98 Å². The number of phenols is 1. The summed E-state index contributed by atoms with van der Waals surface area (Å²) in [6.07, 6.45) is 0. The minimum Gasteiger partial charge on any atom is -0.508 e. The zero-order chi connectivity index (χ0) is 17.2. The molecule has 0 unspecified atom stereocenters. The first-order chi connectivity index (χ1) is 12.2. The Morgan fingerprint density at radius 2 is 1.36 bits per heavy atom. The minimum absolute atomic E-state index is 0.206. The molecule has 0 saturated heterocycles. The molecule has 0 amide bonds. The molecular weight excluding hydrogens is 315 g/mol. The number of nitrogens with one attached hydrogen (secondary N) is 1. The molecule has 2 N–H and O–H groups in total. The van der Waals surface area contributed by atoms with Crippen LogP contribution in [0.25, 0.3) is 33.9 Å². The molecule has 1 aromatic heterocycles. The lowest BCUT2D eigenvalue weighted by molar-refractivity contribution is 0.475. The van der Waals surface area contributed by atoms with Gasteiger partial charge in [0.05, 0.1) is 11.4 Å². The molecule has 0 atom stereocenters. The molecule has 0 aliphatic heterocycles. The van der Waals surface area contributed by atoms with E-state index in [9.17, 15) is 9.50 Å². The highest BCUT2D eigenvalue weighted by Gasteiger charge is 2.15. The molecule has 4 heteroatoms. The van der Waals surface area contributed by atoms with Crippen LogP contribution >= 0.6 is 0 Å². The van der Waals surface area contributed by atoms with E-state index in [1.165, 1.54) is 12.1 Å². The predicted molar refractivity (Wildman–Crippen MR) is 96.5 cm³/mol. The summed E-state index contributed by atoms with van der Waals surface area (Å²) in [7, 11) is 0. The van der Waals surface area contributed by atoms with Crippen LogP contribution in [0.4, 0.5) is 4.39 Å². The maximum absolute atomic E-state index is 13.3. The van der Waals surface area contributed by atoms with Gasteiger partial charge in [0.15, 0.2) is 0 Å². The van der Waals surface area contributed by atoms with Crippen LogP contribution in [0.2, 0.25) is 0 Å². The van der Waals surface area contributed by atoms with Gasteiger partial charge in [-0.15, -0.1) is 0 Å². The lowest BCUT2D eigenvalue weighted by Gasteiger charge is -2.03. The van der Waals surface area contributed by atoms with Gasteiger partial charge in [-0.25, -0.2) is 9.37 Å². The van der Waals surface area contributed by atoms with Crippen molar-refractivity contribution in [2.45, 2.75) is 0 Å². The van der Waals surface area contributed by atoms with Crippen LogP contribution in [0.1, 0.15) is 0 Å². The minimum atomic E-state index is -0.275. The fraction of sp³-hybridized carbons (Fsp3) is 0. The molecule has 4 aromatic rings. The van der Waals surface area contributed by atoms with E-state index in [1.54, 1.807) is 36.4 Å². The summed E-state index contributed by atoms with van der Waals surface area (Å²) in [6, 6.07) is 23.0. The Balaban J connectivity index is 1.89. The van der Waals surface area contributed by atoms with Crippen LogP contribution < -0.4 is 0 Å². The Morgan fingerprint density at radius 1 is 0.720 bits per heavy atom. The summed E-state index contributed by atoms with van der Waals surface area (Å²) < 4.78 is 13.3. The summed E-state index contributed by atoms with van der Waals surface area (Å²) in [5, 5.41) is 9.48. The van der Waals surface area contributed by atoms with Crippen molar-refractivity contribution in [3.05, 3.63) is 84.7 Å². The van der Waals surface area contributed by atoms with Gasteiger partial charge in [-0.1, -0.05) is 30.3 Å². The lowest BCUT2D eigenvalue weighted by Crippen LogP contribution is -1.84. The molecule has 0 fully saturated rings. The van der Waals surface area contributed by atoms with Crippen molar-refractivity contribution >= 4 is 0 Å². The highest BCUT2D eigenvalue weighted by atomic mass is 19.1. The quantitative estimate of drug-likeness (QED) is 0.538. The molecule has 1 heterocycles. The average molecular weight is 330 g/mol. The largest absolute Gasteiger partial charge is 0.508 e. The first-order valence-corrected chi connectivity index (χ1v) is 7.91. The summed E-state index contributed by atoms with van der Waals surface area (Å²) in [5.74, 6) is 0.624. The van der Waals surface area contributed by atoms with Crippen LogP contribution in [0.15, 0.2) is 78.9 Å². The van der Waals surface area contributed by atoms with Crippen LogP contribution in [0.5, 0.6) is 5.75 Å². The molecule has 3 aromatic carbocycles. The van der Waals surface area contributed by atoms with Gasteiger partial charge in [-0.05, 0) is 48.5 Å². The molecule has 0 saturated carbocycles. The molecule has 0 bridgehead atoms. The third-order valence-electron chi connectivity index (χ3n) is 4.02. The summed E-state index contributed by atoms with van der Waals surface area (Å²) in [6.45, 7) is 0. The second-order valence-corrected chi connectivity index (χ2v) is 5.73. The first-order valence-electron chi connectivity index (χ1n) is 7.91. The fourth-order valence-corrected chi connectivity index (χ4v) is 2.76. The van der Waals surface area contributed by atoms with Crippen molar-refractivity contribution in [3.8, 4) is 39.7 Å². The number of imidazole rings is 1. The summed E-state index contributed by atoms with van der Waals surface area (Å²) in [5.41, 5.74) is 4.33. The van der Waals surface area contributed by atoms with Crippen LogP contribution in [-0.2, 0) is 0 Å². The van der Waals surface area contributed by atoms with Gasteiger partial charge in [0.2, 0.25) is 0 Å². The third kappa shape index (κ3) is 3.02. The highest BCUT2D eigenvalue weighted by Crippen LogP contribution is 2.33. The number of aromatic nitrogens is 2. The monoisotopic (exact) mass is 330 g/mol. The van der Waals surface area contributed by atoms with Crippen molar-refractivity contribution in [1.29, 1.82) is 0 Å². The number of hydrogen-bond acceptors (Lipinski definition) is 2. The number of nitrogens with zero attached hydrogens (tertiary/aromatic N) is 1. The maximum Gasteiger partial charge on any atom is 0.138 e. The number of aromatic hydroxyl groups is 1. The molecule has 0 aliphatic rings. The van der Waals surface area contributed by atoms with E-state index in [1.807, 2.05) is 30.3 Å². The van der Waals surface area contributed by atoms with Gasteiger partial charge in [0, 0.05) is 16.7 Å². The van der Waals surface area contributed by atoms with Crippen LogP contribution in [-0.4, -0.2) is 15.1 Å². The van der Waals surface area contributed by atoms with E-state index in [4.69, 9.17) is 4.98 Å². The predicted octanol–water partition coefficient (Wildman–Crippen LogP) is 5.26. The van der Waals surface area contributed by atoms with Crippen molar-refractivity contribution < 1.29 is 9.50 Å². The maximum atomic E-state index is 13.3. The average Bonchev–Trinajstić information content (AvgIpc) is 3.09. The van der Waals surface area contributed by atoms with Gasteiger partial charge >= 0.3 is 0 Å². The van der Waals surface area contributed by atoms with Gasteiger partial charge in [-0.3, -0.25) is 0 Å². The SMILES string of the molecule is Oc1ccc(-c2nc(-c3ccccc3)c(-c3ccc(F)cc3)[nH]2)cc1. The number of rotatable bonds is 3. The van der Waals surface area contributed by atoms with E-state index in [-0.39, 0.29) is 11.6 Å². The number of H-pyrrole nitrogens is 1. The zero-order valence-electron chi connectivity index (χ0n) is 13.3. The van der Waals surface area contributed by atoms with E-state index in [0.29, 0.717) is 5.82 Å². The first kappa shape index (κ1) is 15.1. The number of phenolic OH excluding ortho intramolecular Hbond substituents is 1. The van der Waals surface area contributed by atoms with Gasteiger partial charge in [0.25, 0.3) is 0 Å². The van der Waals surface area contributed by atoms with Gasteiger partial charge < -0.3 is 10.1 Å². The van der Waals surface area contributed by atoms with E-state index >= 15 is 0 Å². The van der Waals surface area contributed by atoms with Crippen LogP contribution in [0, 0.1) is 5.82 Å². The van der Waals surface area contributed by atoms with E-state index < -0.39 is 0 Å². The zero-order valence-corrected chi connectivity index (χ0v) is 13.3. The molecule has 3 nitrogen and oxygen atoms in total. The molecule has 0 radical (unpaired) electrons. The van der Waals surface area contributed by atoms with Crippen molar-refractivity contribution in [1.82, 2.24) is 9.97 Å². The van der Waals surface area contributed by atoms with Crippen molar-refractivity contribution in [3.63, 3.8) is 0 Å². The Labute approximate surface area is 144 Å². The van der Waals surface area contributed by atoms with Crippen LogP contribution in [0.3, 0.4) is 0 Å². The molecule has 122 valence electrons. The Kier molecular flexibility index (Phi) is 3.78. The van der Waals surface area contributed by atoms with Gasteiger partial charge in [0.1, 0.15) is 17.4 Å². The van der Waals surface area contributed by atoms with Crippen molar-refractivity contribution in [2.75, 3.05) is 0 Å². The third-order valence-corrected chi connectivity index (χ3v) is 4.02. The Bertz CT molecular complexity index is 991. The molecule has 4 rings (SSSR count). The second kappa shape index (κ2) is 6.24. The normalized spacial score (nSPS) is 10.8. The summed E-state index contributed by atoms with van der Waals surface area (Å²) in [4.78, 5) is 8.08. The Morgan fingerprint density at radius 3 is 2.04 bits per heavy atom.